The summed E-state index contributed by atoms with van der Waals surface area (Å²) in [5.41, 5.74) is 3.35. The molecule has 0 unspecified atom stereocenters. The topological polar surface area (TPSA) is 25.8 Å². The van der Waals surface area contributed by atoms with Crippen molar-refractivity contribution in [1.29, 1.82) is 0 Å². The zero-order valence-corrected chi connectivity index (χ0v) is 9.93. The van der Waals surface area contributed by atoms with Gasteiger partial charge < -0.3 is 0 Å². The number of rotatable bonds is 1. The Morgan fingerprint density at radius 3 is 2.36 bits per heavy atom. The van der Waals surface area contributed by atoms with E-state index in [0.29, 0.717) is 5.92 Å². The molecule has 1 aromatic carbocycles. The van der Waals surface area contributed by atoms with Gasteiger partial charge in [-0.2, -0.15) is 8.75 Å². The lowest BCUT2D eigenvalue weighted by molar-refractivity contribution is 0.868. The van der Waals surface area contributed by atoms with Gasteiger partial charge in [-0.05, 0) is 23.6 Å². The monoisotopic (exact) mass is 208 g/mol. The molecule has 0 aliphatic heterocycles. The van der Waals surface area contributed by atoms with E-state index in [2.05, 4.69) is 34.7 Å². The van der Waals surface area contributed by atoms with Gasteiger partial charge in [-0.1, -0.05) is 33.8 Å². The molecule has 2 aromatic rings. The number of hydrogen-bond acceptors (Lipinski definition) is 3. The molecule has 0 aliphatic rings. The predicted octanol–water partition coefficient (Wildman–Crippen LogP) is 3.84. The molecule has 0 bridgehead atoms. The van der Waals surface area contributed by atoms with E-state index >= 15 is 0 Å². The maximum absolute atomic E-state index is 4.19. The fourth-order valence-corrected chi connectivity index (χ4v) is 1.68. The normalized spacial score (nSPS) is 10.1. The summed E-state index contributed by atoms with van der Waals surface area (Å²) in [6.45, 7) is 8.36. The molecule has 0 saturated carbocycles. The van der Waals surface area contributed by atoms with Gasteiger partial charge in [-0.25, -0.2) is 0 Å². The average molecular weight is 208 g/mol. The van der Waals surface area contributed by atoms with Crippen LogP contribution < -0.4 is 0 Å². The van der Waals surface area contributed by atoms with Crippen LogP contribution >= 0.6 is 11.7 Å². The lowest BCUT2D eigenvalue weighted by Crippen LogP contribution is -1.85. The SMILES string of the molecule is CC.CC(C)c1ccc2nsnc2c1. The number of fused-ring (bicyclic) bond motifs is 1. The van der Waals surface area contributed by atoms with Crippen molar-refractivity contribution < 1.29 is 0 Å². The van der Waals surface area contributed by atoms with Gasteiger partial charge in [0, 0.05) is 0 Å². The second kappa shape index (κ2) is 5.05. The Kier molecular flexibility index (Phi) is 4.01. The minimum absolute atomic E-state index is 0.566. The van der Waals surface area contributed by atoms with E-state index < -0.39 is 0 Å². The first-order chi connectivity index (χ1) is 6.77. The molecule has 2 rings (SSSR count). The largest absolute Gasteiger partial charge is 0.173 e. The molecular weight excluding hydrogens is 192 g/mol. The molecule has 0 radical (unpaired) electrons. The average Bonchev–Trinajstić information content (AvgIpc) is 2.67. The molecule has 0 N–H and O–H groups in total. The summed E-state index contributed by atoms with van der Waals surface area (Å²) in [5.74, 6) is 0.566. The van der Waals surface area contributed by atoms with Crippen molar-refractivity contribution in [2.45, 2.75) is 33.6 Å². The summed E-state index contributed by atoms with van der Waals surface area (Å²) in [5, 5.41) is 0. The lowest BCUT2D eigenvalue weighted by Gasteiger charge is -2.02. The van der Waals surface area contributed by atoms with Crippen LogP contribution in [0, 0.1) is 0 Å². The van der Waals surface area contributed by atoms with Crippen molar-refractivity contribution in [3.05, 3.63) is 23.8 Å². The Bertz CT molecular complexity index is 393. The molecule has 14 heavy (non-hydrogen) atoms. The fraction of sp³-hybridized carbons (Fsp3) is 0.455. The van der Waals surface area contributed by atoms with Gasteiger partial charge in [0.25, 0.3) is 0 Å². The molecule has 0 amide bonds. The molecular formula is C11H16N2S. The second-order valence-electron chi connectivity index (χ2n) is 3.17. The third-order valence-electron chi connectivity index (χ3n) is 1.94. The van der Waals surface area contributed by atoms with Gasteiger partial charge in [0.15, 0.2) is 0 Å². The van der Waals surface area contributed by atoms with Crippen LogP contribution in [0.4, 0.5) is 0 Å². The smallest absolute Gasteiger partial charge is 0.105 e. The van der Waals surface area contributed by atoms with Crippen molar-refractivity contribution in [3.63, 3.8) is 0 Å². The molecule has 0 spiro atoms. The summed E-state index contributed by atoms with van der Waals surface area (Å²) in [4.78, 5) is 0. The van der Waals surface area contributed by atoms with Crippen LogP contribution in [0.1, 0.15) is 39.2 Å². The first-order valence-corrected chi connectivity index (χ1v) is 5.72. The second-order valence-corrected chi connectivity index (χ2v) is 3.70. The van der Waals surface area contributed by atoms with Gasteiger partial charge >= 0.3 is 0 Å². The summed E-state index contributed by atoms with van der Waals surface area (Å²) in [6.07, 6.45) is 0. The van der Waals surface area contributed by atoms with E-state index in [-0.39, 0.29) is 0 Å². The Balaban J connectivity index is 0.000000461. The molecule has 0 aliphatic carbocycles. The third-order valence-corrected chi connectivity index (χ3v) is 2.50. The van der Waals surface area contributed by atoms with Crippen LogP contribution in [0.15, 0.2) is 18.2 Å². The molecule has 2 nitrogen and oxygen atoms in total. The lowest BCUT2D eigenvalue weighted by atomic mass is 10.0. The number of benzene rings is 1. The van der Waals surface area contributed by atoms with E-state index in [1.807, 2.05) is 19.9 Å². The van der Waals surface area contributed by atoms with Gasteiger partial charge in [0.1, 0.15) is 11.0 Å². The summed E-state index contributed by atoms with van der Waals surface area (Å²) >= 11 is 1.27. The molecule has 1 heterocycles. The Hall–Kier alpha value is -0.960. The maximum Gasteiger partial charge on any atom is 0.105 e. The van der Waals surface area contributed by atoms with Crippen LogP contribution in [-0.2, 0) is 0 Å². The molecule has 76 valence electrons. The minimum Gasteiger partial charge on any atom is -0.173 e. The van der Waals surface area contributed by atoms with Crippen LogP contribution in [0.25, 0.3) is 11.0 Å². The van der Waals surface area contributed by atoms with Crippen LogP contribution in [0.3, 0.4) is 0 Å². The quantitative estimate of drug-likeness (QED) is 0.711. The van der Waals surface area contributed by atoms with E-state index in [1.165, 1.54) is 17.3 Å². The van der Waals surface area contributed by atoms with Gasteiger partial charge in [0.2, 0.25) is 0 Å². The number of aromatic nitrogens is 2. The zero-order chi connectivity index (χ0) is 10.6. The van der Waals surface area contributed by atoms with E-state index in [9.17, 15) is 0 Å². The van der Waals surface area contributed by atoms with Crippen molar-refractivity contribution in [3.8, 4) is 0 Å². The standard InChI is InChI=1S/C9H10N2S.C2H6/c1-6(2)7-3-4-8-9(5-7)11-12-10-8;1-2/h3-6H,1-2H3;1-2H3. The van der Waals surface area contributed by atoms with Crippen LogP contribution in [0.5, 0.6) is 0 Å². The molecule has 3 heteroatoms. The van der Waals surface area contributed by atoms with Crippen molar-refractivity contribution >= 4 is 22.8 Å². The molecule has 0 fully saturated rings. The minimum atomic E-state index is 0.566. The highest BCUT2D eigenvalue weighted by Crippen LogP contribution is 2.19. The predicted molar refractivity (Wildman–Crippen MR) is 62.9 cm³/mol. The van der Waals surface area contributed by atoms with Crippen molar-refractivity contribution in [2.24, 2.45) is 0 Å². The van der Waals surface area contributed by atoms with Crippen molar-refractivity contribution in [2.75, 3.05) is 0 Å². The van der Waals surface area contributed by atoms with E-state index in [1.54, 1.807) is 0 Å². The molecule has 0 atom stereocenters. The zero-order valence-electron chi connectivity index (χ0n) is 9.11. The van der Waals surface area contributed by atoms with Crippen molar-refractivity contribution in [1.82, 2.24) is 8.75 Å². The van der Waals surface area contributed by atoms with Gasteiger partial charge in [-0.3, -0.25) is 0 Å². The summed E-state index contributed by atoms with van der Waals surface area (Å²) in [7, 11) is 0. The highest BCUT2D eigenvalue weighted by atomic mass is 32.1. The maximum atomic E-state index is 4.19. The first kappa shape index (κ1) is 11.1. The Labute approximate surface area is 89.3 Å². The fourth-order valence-electron chi connectivity index (χ4n) is 1.16. The highest BCUT2D eigenvalue weighted by Gasteiger charge is 2.02. The third kappa shape index (κ3) is 2.29. The summed E-state index contributed by atoms with van der Waals surface area (Å²) < 4.78 is 8.34. The van der Waals surface area contributed by atoms with Gasteiger partial charge in [-0.15, -0.1) is 0 Å². The summed E-state index contributed by atoms with van der Waals surface area (Å²) in [6, 6.07) is 6.27. The van der Waals surface area contributed by atoms with Gasteiger partial charge in [0.05, 0.1) is 11.7 Å². The number of nitrogens with zero attached hydrogens (tertiary/aromatic N) is 2. The van der Waals surface area contributed by atoms with Crippen LogP contribution in [0.2, 0.25) is 0 Å². The number of hydrogen-bond donors (Lipinski definition) is 0. The molecule has 0 saturated heterocycles. The first-order valence-electron chi connectivity index (χ1n) is 4.99. The van der Waals surface area contributed by atoms with E-state index in [4.69, 9.17) is 0 Å². The van der Waals surface area contributed by atoms with Crippen LogP contribution in [-0.4, -0.2) is 8.75 Å². The Morgan fingerprint density at radius 1 is 1.07 bits per heavy atom. The Morgan fingerprint density at radius 2 is 1.71 bits per heavy atom. The van der Waals surface area contributed by atoms with E-state index in [0.717, 1.165) is 11.0 Å². The molecule has 1 aromatic heterocycles. The highest BCUT2D eigenvalue weighted by molar-refractivity contribution is 7.00.